The minimum Gasteiger partial charge on any atom is -0.478 e. The number of fused-ring (bicyclic) bond motifs is 1. The van der Waals surface area contributed by atoms with Crippen LogP contribution in [0.25, 0.3) is 5.78 Å². The average molecular weight is 403 g/mol. The van der Waals surface area contributed by atoms with Crippen molar-refractivity contribution in [3.05, 3.63) is 46.8 Å². The predicted molar refractivity (Wildman–Crippen MR) is 103 cm³/mol. The van der Waals surface area contributed by atoms with Gasteiger partial charge in [0.2, 0.25) is 0 Å². The van der Waals surface area contributed by atoms with E-state index >= 15 is 0 Å². The topological polar surface area (TPSA) is 118 Å². The largest absolute Gasteiger partial charge is 0.478 e. The highest BCUT2D eigenvalue weighted by molar-refractivity contribution is 7.92. The summed E-state index contributed by atoms with van der Waals surface area (Å²) in [7, 11) is -4.24. The van der Waals surface area contributed by atoms with E-state index in [0.717, 1.165) is 4.31 Å². The Morgan fingerprint density at radius 3 is 2.36 bits per heavy atom. The highest BCUT2D eigenvalue weighted by Gasteiger charge is 2.35. The van der Waals surface area contributed by atoms with E-state index in [9.17, 15) is 18.3 Å². The molecule has 28 heavy (non-hydrogen) atoms. The Kier molecular flexibility index (Phi) is 4.84. The normalized spacial score (nSPS) is 11.9. The van der Waals surface area contributed by atoms with E-state index in [-0.39, 0.29) is 17.0 Å². The quantitative estimate of drug-likeness (QED) is 0.695. The van der Waals surface area contributed by atoms with Gasteiger partial charge in [0.25, 0.3) is 10.9 Å². The van der Waals surface area contributed by atoms with E-state index in [4.69, 9.17) is 0 Å². The van der Waals surface area contributed by atoms with Gasteiger partial charge in [-0.1, -0.05) is 12.1 Å². The van der Waals surface area contributed by atoms with Gasteiger partial charge in [-0.3, -0.25) is 4.31 Å². The molecule has 1 N–H and O–H groups in total. The van der Waals surface area contributed by atoms with Crippen LogP contribution in [0, 0.1) is 20.8 Å². The third-order valence-corrected chi connectivity index (χ3v) is 6.06. The van der Waals surface area contributed by atoms with Crippen LogP contribution in [0.5, 0.6) is 0 Å². The number of sulfonamides is 1. The van der Waals surface area contributed by atoms with Gasteiger partial charge < -0.3 is 5.11 Å². The van der Waals surface area contributed by atoms with Gasteiger partial charge in [0, 0.05) is 17.9 Å². The smallest absolute Gasteiger partial charge is 0.338 e. The number of hydrogen-bond donors (Lipinski definition) is 1. The average Bonchev–Trinajstić information content (AvgIpc) is 3.01. The van der Waals surface area contributed by atoms with E-state index in [0.29, 0.717) is 16.8 Å². The van der Waals surface area contributed by atoms with Crippen molar-refractivity contribution in [1.82, 2.24) is 19.6 Å². The minimum absolute atomic E-state index is 0.0602. The lowest BCUT2D eigenvalue weighted by molar-refractivity contribution is 0.0697. The van der Waals surface area contributed by atoms with Gasteiger partial charge in [0.15, 0.2) is 0 Å². The minimum atomic E-state index is -4.24. The van der Waals surface area contributed by atoms with Crippen LogP contribution < -0.4 is 4.31 Å². The Bertz CT molecular complexity index is 1180. The number of aromatic nitrogens is 4. The molecule has 2 heterocycles. The molecule has 10 heteroatoms. The first-order valence-corrected chi connectivity index (χ1v) is 10.1. The van der Waals surface area contributed by atoms with Crippen molar-refractivity contribution in [3.63, 3.8) is 0 Å². The maximum absolute atomic E-state index is 13.4. The molecule has 2 aromatic heterocycles. The Morgan fingerprint density at radius 1 is 1.11 bits per heavy atom. The Balaban J connectivity index is 2.28. The zero-order valence-corrected chi connectivity index (χ0v) is 17.0. The summed E-state index contributed by atoms with van der Waals surface area (Å²) < 4.78 is 29.2. The van der Waals surface area contributed by atoms with E-state index < -0.39 is 27.2 Å². The van der Waals surface area contributed by atoms with Crippen LogP contribution in [0.15, 0.2) is 29.6 Å². The standard InChI is InChI=1S/C18H21N5O4S/c1-10(2)23(15-12(4)7-6-11(3)14(15)16(24)25)28(26,27)18-20-17-19-13(5)8-9-22(17)21-18/h6-10H,1-5H3,(H,24,25). The summed E-state index contributed by atoms with van der Waals surface area (Å²) in [6.45, 7) is 8.41. The molecule has 148 valence electrons. The fourth-order valence-electron chi connectivity index (χ4n) is 3.05. The number of aryl methyl sites for hydroxylation is 3. The second-order valence-corrected chi connectivity index (χ2v) is 8.54. The Morgan fingerprint density at radius 2 is 1.75 bits per heavy atom. The summed E-state index contributed by atoms with van der Waals surface area (Å²) in [6, 6.07) is 4.48. The molecule has 0 saturated heterocycles. The highest BCUT2D eigenvalue weighted by atomic mass is 32.2. The lowest BCUT2D eigenvalue weighted by Gasteiger charge is -2.30. The fourth-order valence-corrected chi connectivity index (χ4v) is 4.64. The van der Waals surface area contributed by atoms with Gasteiger partial charge in [0.1, 0.15) is 0 Å². The van der Waals surface area contributed by atoms with Crippen LogP contribution in [0.4, 0.5) is 5.69 Å². The van der Waals surface area contributed by atoms with Crippen LogP contribution in [0.1, 0.15) is 41.0 Å². The molecule has 0 amide bonds. The molecule has 0 atom stereocenters. The molecule has 9 nitrogen and oxygen atoms in total. The van der Waals surface area contributed by atoms with Gasteiger partial charge in [0.05, 0.1) is 11.3 Å². The number of carboxylic acids is 1. The van der Waals surface area contributed by atoms with Gasteiger partial charge >= 0.3 is 16.0 Å². The van der Waals surface area contributed by atoms with Crippen molar-refractivity contribution in [1.29, 1.82) is 0 Å². The van der Waals surface area contributed by atoms with Crippen LogP contribution in [0.2, 0.25) is 0 Å². The molecule has 0 unspecified atom stereocenters. The maximum atomic E-state index is 13.4. The number of rotatable bonds is 5. The molecule has 0 bridgehead atoms. The van der Waals surface area contributed by atoms with Gasteiger partial charge in [-0.25, -0.2) is 14.3 Å². The predicted octanol–water partition coefficient (Wildman–Crippen LogP) is 2.35. The zero-order valence-electron chi connectivity index (χ0n) is 16.2. The first-order chi connectivity index (χ1) is 13.0. The van der Waals surface area contributed by atoms with Crippen molar-refractivity contribution in [2.75, 3.05) is 4.31 Å². The van der Waals surface area contributed by atoms with E-state index in [2.05, 4.69) is 15.1 Å². The number of hydrogen-bond acceptors (Lipinski definition) is 6. The molecule has 1 aromatic carbocycles. The van der Waals surface area contributed by atoms with Crippen molar-refractivity contribution in [2.45, 2.75) is 45.8 Å². The number of anilines is 1. The lowest BCUT2D eigenvalue weighted by atomic mass is 10.0. The van der Waals surface area contributed by atoms with E-state index in [1.165, 1.54) is 4.52 Å². The summed E-state index contributed by atoms with van der Waals surface area (Å²) >= 11 is 0. The molecular formula is C18H21N5O4S. The second-order valence-electron chi connectivity index (χ2n) is 6.83. The monoisotopic (exact) mass is 403 g/mol. The molecule has 0 spiro atoms. The van der Waals surface area contributed by atoms with Crippen LogP contribution >= 0.6 is 0 Å². The maximum Gasteiger partial charge on any atom is 0.338 e. The summed E-state index contributed by atoms with van der Waals surface area (Å²) in [5.41, 5.74) is 1.72. The first kappa shape index (κ1) is 19.7. The molecule has 0 aliphatic rings. The van der Waals surface area contributed by atoms with Crippen LogP contribution in [0.3, 0.4) is 0 Å². The van der Waals surface area contributed by atoms with E-state index in [1.807, 2.05) is 0 Å². The van der Waals surface area contributed by atoms with E-state index in [1.54, 1.807) is 59.0 Å². The fraction of sp³-hybridized carbons (Fsp3) is 0.333. The van der Waals surface area contributed by atoms with Crippen molar-refractivity contribution < 1.29 is 18.3 Å². The van der Waals surface area contributed by atoms with Crippen molar-refractivity contribution >= 4 is 27.5 Å². The van der Waals surface area contributed by atoms with Crippen molar-refractivity contribution in [2.24, 2.45) is 0 Å². The lowest BCUT2D eigenvalue weighted by Crippen LogP contribution is -2.39. The number of carboxylic acid groups (broad SMARTS) is 1. The van der Waals surface area contributed by atoms with Gasteiger partial charge in [-0.2, -0.15) is 13.4 Å². The molecule has 0 saturated carbocycles. The summed E-state index contributed by atoms with van der Waals surface area (Å²) in [4.78, 5) is 20.1. The SMILES string of the molecule is Cc1ccn2nc(S(=O)(=O)N(c3c(C)ccc(C)c3C(=O)O)C(C)C)nc2n1. The number of aromatic carboxylic acids is 1. The summed E-state index contributed by atoms with van der Waals surface area (Å²) in [5.74, 6) is -1.04. The summed E-state index contributed by atoms with van der Waals surface area (Å²) in [6.07, 6.45) is 1.57. The third kappa shape index (κ3) is 3.19. The third-order valence-electron chi connectivity index (χ3n) is 4.31. The molecule has 0 fully saturated rings. The summed E-state index contributed by atoms with van der Waals surface area (Å²) in [5, 5.41) is 13.3. The Labute approximate surface area is 162 Å². The first-order valence-electron chi connectivity index (χ1n) is 8.62. The Hall–Kier alpha value is -3.01. The second kappa shape index (κ2) is 6.86. The molecule has 3 aromatic rings. The molecule has 0 radical (unpaired) electrons. The van der Waals surface area contributed by atoms with Crippen LogP contribution in [-0.4, -0.2) is 45.1 Å². The molecular weight excluding hydrogens is 382 g/mol. The molecule has 0 aliphatic carbocycles. The van der Waals surface area contributed by atoms with Gasteiger partial charge in [-0.05, 0) is 51.8 Å². The number of carbonyl (C=O) groups is 1. The van der Waals surface area contributed by atoms with Crippen molar-refractivity contribution in [3.8, 4) is 0 Å². The van der Waals surface area contributed by atoms with Gasteiger partial charge in [-0.15, -0.1) is 5.10 Å². The zero-order chi connectivity index (χ0) is 20.8. The van der Waals surface area contributed by atoms with Crippen LogP contribution in [-0.2, 0) is 10.0 Å². The molecule has 3 rings (SSSR count). The number of nitrogens with zero attached hydrogens (tertiary/aromatic N) is 5. The number of benzene rings is 1. The highest BCUT2D eigenvalue weighted by Crippen LogP contribution is 2.33. The molecule has 0 aliphatic heterocycles.